The summed E-state index contributed by atoms with van der Waals surface area (Å²) in [4.78, 5) is 23.0. The average Bonchev–Trinajstić information content (AvgIpc) is 3.10. The van der Waals surface area contributed by atoms with Gasteiger partial charge in [0.1, 0.15) is 0 Å². The highest BCUT2D eigenvalue weighted by atomic mass is 16.2. The first-order chi connectivity index (χ1) is 8.93. The topological polar surface area (TPSA) is 84.2 Å². The molecule has 110 valence electrons. The lowest BCUT2D eigenvalue weighted by molar-refractivity contribution is -0.122. The summed E-state index contributed by atoms with van der Waals surface area (Å²) in [5.41, 5.74) is 5.64. The van der Waals surface area contributed by atoms with E-state index < -0.39 is 0 Å². The summed E-state index contributed by atoms with van der Waals surface area (Å²) in [7, 11) is 0. The van der Waals surface area contributed by atoms with Gasteiger partial charge in [0, 0.05) is 25.4 Å². The number of nitrogens with one attached hydrogen (secondary N) is 2. The van der Waals surface area contributed by atoms with Crippen LogP contribution < -0.4 is 16.4 Å². The molecule has 0 unspecified atom stereocenters. The summed E-state index contributed by atoms with van der Waals surface area (Å²) in [6.07, 6.45) is 4.79. The van der Waals surface area contributed by atoms with Crippen molar-refractivity contribution >= 4 is 11.8 Å². The van der Waals surface area contributed by atoms with Gasteiger partial charge in [-0.1, -0.05) is 13.8 Å². The van der Waals surface area contributed by atoms with E-state index in [2.05, 4.69) is 24.5 Å². The summed E-state index contributed by atoms with van der Waals surface area (Å²) in [6.45, 7) is 5.32. The first-order valence-electron chi connectivity index (χ1n) is 7.19. The maximum atomic E-state index is 11.6. The minimum Gasteiger partial charge on any atom is -0.356 e. The molecule has 0 aliphatic heterocycles. The highest BCUT2D eigenvalue weighted by Crippen LogP contribution is 2.25. The molecule has 0 bridgehead atoms. The molecule has 5 nitrogen and oxygen atoms in total. The molecule has 0 heterocycles. The zero-order chi connectivity index (χ0) is 14.3. The van der Waals surface area contributed by atoms with Crippen molar-refractivity contribution in [3.63, 3.8) is 0 Å². The van der Waals surface area contributed by atoms with Crippen molar-refractivity contribution in [1.29, 1.82) is 0 Å². The summed E-state index contributed by atoms with van der Waals surface area (Å²) >= 11 is 0. The van der Waals surface area contributed by atoms with Gasteiger partial charge >= 0.3 is 0 Å². The van der Waals surface area contributed by atoms with Crippen LogP contribution in [0.1, 0.15) is 52.4 Å². The molecule has 19 heavy (non-hydrogen) atoms. The third-order valence-electron chi connectivity index (χ3n) is 3.47. The molecule has 0 spiro atoms. The standard InChI is InChI=1S/C14H27N3O2/c1-14(2,8-9-15)7-5-12(18)16-10-6-13(19)17-11-3-4-11/h11H,3-10,15H2,1-2H3,(H,16,18)(H,17,19). The predicted molar refractivity (Wildman–Crippen MR) is 75.5 cm³/mol. The average molecular weight is 269 g/mol. The maximum absolute atomic E-state index is 11.6. The number of nitrogens with two attached hydrogens (primary N) is 1. The van der Waals surface area contributed by atoms with E-state index in [4.69, 9.17) is 5.73 Å². The van der Waals surface area contributed by atoms with Crippen molar-refractivity contribution in [3.8, 4) is 0 Å². The van der Waals surface area contributed by atoms with Crippen LogP contribution in [0.4, 0.5) is 0 Å². The Labute approximate surface area is 115 Å². The quantitative estimate of drug-likeness (QED) is 0.582. The van der Waals surface area contributed by atoms with E-state index in [1.54, 1.807) is 0 Å². The normalized spacial score (nSPS) is 15.1. The molecule has 2 amide bonds. The van der Waals surface area contributed by atoms with Crippen LogP contribution >= 0.6 is 0 Å². The van der Waals surface area contributed by atoms with Crippen LogP contribution in [0.3, 0.4) is 0 Å². The summed E-state index contributed by atoms with van der Waals surface area (Å²) in [5.74, 6) is 0.0515. The van der Waals surface area contributed by atoms with Crippen LogP contribution in [-0.4, -0.2) is 30.9 Å². The lowest BCUT2D eigenvalue weighted by Gasteiger charge is -2.23. The molecule has 0 aromatic carbocycles. The third kappa shape index (κ3) is 7.82. The summed E-state index contributed by atoms with van der Waals surface area (Å²) in [5, 5.41) is 5.69. The molecule has 0 atom stereocenters. The minimum absolute atomic E-state index is 0.0179. The van der Waals surface area contributed by atoms with E-state index in [-0.39, 0.29) is 17.2 Å². The molecule has 5 heteroatoms. The lowest BCUT2D eigenvalue weighted by atomic mass is 9.84. The van der Waals surface area contributed by atoms with E-state index in [1.807, 2.05) is 0 Å². The van der Waals surface area contributed by atoms with Crippen LogP contribution in [-0.2, 0) is 9.59 Å². The second kappa shape index (κ2) is 7.48. The molecule has 1 aliphatic rings. The highest BCUT2D eigenvalue weighted by Gasteiger charge is 2.23. The van der Waals surface area contributed by atoms with Crippen LogP contribution in [0.25, 0.3) is 0 Å². The van der Waals surface area contributed by atoms with Gasteiger partial charge < -0.3 is 16.4 Å². The summed E-state index contributed by atoms with van der Waals surface area (Å²) in [6, 6.07) is 0.389. The summed E-state index contributed by atoms with van der Waals surface area (Å²) < 4.78 is 0. The van der Waals surface area contributed by atoms with Gasteiger partial charge in [0.25, 0.3) is 0 Å². The van der Waals surface area contributed by atoms with E-state index in [0.29, 0.717) is 32.0 Å². The first kappa shape index (κ1) is 16.0. The van der Waals surface area contributed by atoms with Crippen molar-refractivity contribution < 1.29 is 9.59 Å². The number of carbonyl (C=O) groups excluding carboxylic acids is 2. The molecule has 0 aromatic rings. The third-order valence-corrected chi connectivity index (χ3v) is 3.47. The zero-order valence-electron chi connectivity index (χ0n) is 12.1. The van der Waals surface area contributed by atoms with Gasteiger partial charge in [-0.15, -0.1) is 0 Å². The predicted octanol–water partition coefficient (Wildman–Crippen LogP) is 0.927. The molecule has 0 radical (unpaired) electrons. The van der Waals surface area contributed by atoms with Crippen molar-refractivity contribution in [2.75, 3.05) is 13.1 Å². The number of hydrogen-bond acceptors (Lipinski definition) is 3. The van der Waals surface area contributed by atoms with Gasteiger partial charge in [-0.3, -0.25) is 9.59 Å². The largest absolute Gasteiger partial charge is 0.356 e. The molecule has 0 aromatic heterocycles. The second-order valence-electron chi connectivity index (χ2n) is 6.14. The van der Waals surface area contributed by atoms with Crippen molar-refractivity contribution in [2.24, 2.45) is 11.1 Å². The lowest BCUT2D eigenvalue weighted by Crippen LogP contribution is -2.32. The molecule has 1 saturated carbocycles. The fourth-order valence-corrected chi connectivity index (χ4v) is 1.90. The Morgan fingerprint density at radius 1 is 1.16 bits per heavy atom. The van der Waals surface area contributed by atoms with Gasteiger partial charge in [-0.05, 0) is 37.6 Å². The van der Waals surface area contributed by atoms with E-state index in [0.717, 1.165) is 25.7 Å². The van der Waals surface area contributed by atoms with E-state index in [9.17, 15) is 9.59 Å². The van der Waals surface area contributed by atoms with E-state index in [1.165, 1.54) is 0 Å². The van der Waals surface area contributed by atoms with Crippen LogP contribution in [0, 0.1) is 5.41 Å². The van der Waals surface area contributed by atoms with Gasteiger partial charge in [0.2, 0.25) is 11.8 Å². The van der Waals surface area contributed by atoms with Gasteiger partial charge in [-0.25, -0.2) is 0 Å². The van der Waals surface area contributed by atoms with Crippen LogP contribution in [0.15, 0.2) is 0 Å². The van der Waals surface area contributed by atoms with Crippen LogP contribution in [0.2, 0.25) is 0 Å². The Morgan fingerprint density at radius 2 is 1.84 bits per heavy atom. The molecule has 0 saturated heterocycles. The maximum Gasteiger partial charge on any atom is 0.221 e. The number of carbonyl (C=O) groups is 2. The highest BCUT2D eigenvalue weighted by molar-refractivity contribution is 5.79. The van der Waals surface area contributed by atoms with Crippen molar-refractivity contribution in [3.05, 3.63) is 0 Å². The molecular formula is C14H27N3O2. The Bertz CT molecular complexity index is 312. The Morgan fingerprint density at radius 3 is 2.42 bits per heavy atom. The van der Waals surface area contributed by atoms with Crippen molar-refractivity contribution in [2.45, 2.75) is 58.4 Å². The van der Waals surface area contributed by atoms with Crippen molar-refractivity contribution in [1.82, 2.24) is 10.6 Å². The Kier molecular flexibility index (Phi) is 6.28. The van der Waals surface area contributed by atoms with Crippen LogP contribution in [0.5, 0.6) is 0 Å². The van der Waals surface area contributed by atoms with Gasteiger partial charge in [0.05, 0.1) is 0 Å². The van der Waals surface area contributed by atoms with Gasteiger partial charge in [-0.2, -0.15) is 0 Å². The molecular weight excluding hydrogens is 242 g/mol. The van der Waals surface area contributed by atoms with E-state index >= 15 is 0 Å². The zero-order valence-corrected chi connectivity index (χ0v) is 12.1. The first-order valence-corrected chi connectivity index (χ1v) is 7.19. The number of hydrogen-bond donors (Lipinski definition) is 3. The number of rotatable bonds is 9. The Hall–Kier alpha value is -1.10. The fourth-order valence-electron chi connectivity index (χ4n) is 1.90. The molecule has 1 aliphatic carbocycles. The fraction of sp³-hybridized carbons (Fsp3) is 0.857. The second-order valence-corrected chi connectivity index (χ2v) is 6.14. The smallest absolute Gasteiger partial charge is 0.221 e. The molecule has 1 rings (SSSR count). The molecule has 1 fully saturated rings. The minimum atomic E-state index is 0.0179. The number of amides is 2. The monoisotopic (exact) mass is 269 g/mol. The van der Waals surface area contributed by atoms with Gasteiger partial charge in [0.15, 0.2) is 0 Å². The Balaban J connectivity index is 2.05. The SMILES string of the molecule is CC(C)(CCN)CCC(=O)NCCC(=O)NC1CC1. The molecule has 4 N–H and O–H groups in total.